The molecule has 1 heteroatoms. The Labute approximate surface area is 150 Å². The van der Waals surface area contributed by atoms with Gasteiger partial charge in [-0.25, -0.2) is 0 Å². The summed E-state index contributed by atoms with van der Waals surface area (Å²) < 4.78 is 0. The summed E-state index contributed by atoms with van der Waals surface area (Å²) >= 11 is 0. The average Bonchev–Trinajstić information content (AvgIpc) is 2.67. The van der Waals surface area contributed by atoms with Gasteiger partial charge in [-0.15, -0.1) is 0 Å². The Morgan fingerprint density at radius 3 is 1.84 bits per heavy atom. The lowest BCUT2D eigenvalue weighted by atomic mass is 9.95. The number of nitrogens with zero attached hydrogens (tertiary/aromatic N) is 1. The Morgan fingerprint density at radius 2 is 1.28 bits per heavy atom. The first kappa shape index (κ1) is 17.0. The monoisotopic (exact) mass is 327 g/mol. The fraction of sp³-hybridized carbons (Fsp3) is 0.167. The van der Waals surface area contributed by atoms with Gasteiger partial charge in [-0.05, 0) is 53.1 Å². The quantitative estimate of drug-likeness (QED) is 0.679. The van der Waals surface area contributed by atoms with Crippen molar-refractivity contribution in [3.05, 3.63) is 100 Å². The lowest BCUT2D eigenvalue weighted by Crippen LogP contribution is -2.21. The van der Waals surface area contributed by atoms with E-state index in [0.29, 0.717) is 0 Å². The van der Waals surface area contributed by atoms with E-state index in [9.17, 15) is 0 Å². The molecule has 0 saturated carbocycles. The van der Waals surface area contributed by atoms with E-state index in [0.717, 1.165) is 18.3 Å². The first-order valence-electron chi connectivity index (χ1n) is 8.93. The van der Waals surface area contributed by atoms with Crippen molar-refractivity contribution in [2.45, 2.75) is 13.8 Å². The lowest BCUT2D eigenvalue weighted by molar-refractivity contribution is 0.866. The fourth-order valence-electron chi connectivity index (χ4n) is 3.20. The van der Waals surface area contributed by atoms with Gasteiger partial charge < -0.3 is 4.90 Å². The maximum Gasteiger partial charge on any atom is 0.0366 e. The topological polar surface area (TPSA) is 3.24 Å². The lowest BCUT2D eigenvalue weighted by Gasteiger charge is -2.21. The van der Waals surface area contributed by atoms with E-state index in [4.69, 9.17) is 0 Å². The maximum atomic E-state index is 4.00. The van der Waals surface area contributed by atoms with Gasteiger partial charge in [-0.1, -0.05) is 73.3 Å². The zero-order valence-electron chi connectivity index (χ0n) is 15.1. The highest BCUT2D eigenvalue weighted by Gasteiger charge is 2.07. The van der Waals surface area contributed by atoms with Crippen LogP contribution in [0.3, 0.4) is 0 Å². The minimum Gasteiger partial charge on any atom is -0.372 e. The van der Waals surface area contributed by atoms with E-state index in [1.807, 2.05) is 0 Å². The van der Waals surface area contributed by atoms with Crippen molar-refractivity contribution >= 4 is 17.8 Å². The van der Waals surface area contributed by atoms with Crippen molar-refractivity contribution in [2.75, 3.05) is 18.0 Å². The highest BCUT2D eigenvalue weighted by Crippen LogP contribution is 2.23. The first-order chi connectivity index (χ1) is 12.2. The van der Waals surface area contributed by atoms with Crippen LogP contribution in [-0.4, -0.2) is 13.1 Å². The third-order valence-electron chi connectivity index (χ3n) is 4.59. The van der Waals surface area contributed by atoms with Crippen LogP contribution in [0.1, 0.15) is 25.0 Å². The van der Waals surface area contributed by atoms with Gasteiger partial charge in [0.05, 0.1) is 0 Å². The standard InChI is InChI=1S/C24H25N/c1-4-25(5-2)23-17-15-22(16-18-23)24(20-9-7-6-8-10-20)21-13-11-19(3)12-14-21/h6-18H,3-5H2,1-2H3. The van der Waals surface area contributed by atoms with Crippen LogP contribution >= 0.6 is 0 Å². The van der Waals surface area contributed by atoms with Crippen molar-refractivity contribution in [3.8, 4) is 0 Å². The fourth-order valence-corrected chi connectivity index (χ4v) is 3.20. The molecule has 0 aliphatic rings. The molecule has 0 amide bonds. The van der Waals surface area contributed by atoms with Crippen LogP contribution in [0, 0.1) is 0 Å². The second-order valence-electron chi connectivity index (χ2n) is 6.16. The molecule has 3 aromatic carbocycles. The summed E-state index contributed by atoms with van der Waals surface area (Å²) in [5, 5.41) is 2.25. The summed E-state index contributed by atoms with van der Waals surface area (Å²) in [7, 11) is 0. The molecular weight excluding hydrogens is 302 g/mol. The van der Waals surface area contributed by atoms with E-state index in [1.165, 1.54) is 27.6 Å². The largest absolute Gasteiger partial charge is 0.372 e. The van der Waals surface area contributed by atoms with E-state index in [2.05, 4.69) is 104 Å². The van der Waals surface area contributed by atoms with E-state index in [-0.39, 0.29) is 0 Å². The first-order valence-corrected chi connectivity index (χ1v) is 8.93. The molecule has 0 fully saturated rings. The highest BCUT2D eigenvalue weighted by atomic mass is 15.1. The van der Waals surface area contributed by atoms with E-state index >= 15 is 0 Å². The van der Waals surface area contributed by atoms with Gasteiger partial charge >= 0.3 is 0 Å². The van der Waals surface area contributed by atoms with Crippen LogP contribution in [0.2, 0.25) is 0 Å². The summed E-state index contributed by atoms with van der Waals surface area (Å²) in [5.41, 5.74) is 5.00. The number of hydrogen-bond donors (Lipinski definition) is 0. The normalized spacial score (nSPS) is 10.5. The SMILES string of the molecule is C=c1ccc(=C(c2ccccc2)c2ccc(N(CC)CC)cc2)cc1. The van der Waals surface area contributed by atoms with Crippen LogP contribution in [-0.2, 0) is 0 Å². The molecule has 0 aliphatic heterocycles. The van der Waals surface area contributed by atoms with E-state index in [1.54, 1.807) is 0 Å². The Balaban J connectivity index is 2.15. The van der Waals surface area contributed by atoms with Gasteiger partial charge in [0.2, 0.25) is 0 Å². The molecule has 0 spiro atoms. The van der Waals surface area contributed by atoms with Crippen molar-refractivity contribution in [1.29, 1.82) is 0 Å². The molecule has 0 bridgehead atoms. The van der Waals surface area contributed by atoms with Crippen molar-refractivity contribution < 1.29 is 0 Å². The predicted molar refractivity (Wildman–Crippen MR) is 109 cm³/mol. The molecule has 126 valence electrons. The zero-order valence-corrected chi connectivity index (χ0v) is 15.1. The molecule has 1 nitrogen and oxygen atoms in total. The Hall–Kier alpha value is -2.80. The summed E-state index contributed by atoms with van der Waals surface area (Å²) in [4.78, 5) is 2.36. The molecule has 0 saturated heterocycles. The van der Waals surface area contributed by atoms with Gasteiger partial charge in [0.25, 0.3) is 0 Å². The number of hydrogen-bond acceptors (Lipinski definition) is 1. The second kappa shape index (κ2) is 7.85. The molecular formula is C24H25N. The Kier molecular flexibility index (Phi) is 5.35. The summed E-state index contributed by atoms with van der Waals surface area (Å²) in [6, 6.07) is 28.0. The summed E-state index contributed by atoms with van der Waals surface area (Å²) in [6.45, 7) is 10.4. The minimum absolute atomic E-state index is 1.02. The highest BCUT2D eigenvalue weighted by molar-refractivity contribution is 5.80. The van der Waals surface area contributed by atoms with Gasteiger partial charge in [-0.2, -0.15) is 0 Å². The van der Waals surface area contributed by atoms with Gasteiger partial charge in [0, 0.05) is 18.8 Å². The number of benzene rings is 3. The molecule has 0 N–H and O–H groups in total. The van der Waals surface area contributed by atoms with Crippen LogP contribution in [0.5, 0.6) is 0 Å². The Morgan fingerprint density at radius 1 is 0.720 bits per heavy atom. The molecule has 0 aliphatic carbocycles. The van der Waals surface area contributed by atoms with Crippen LogP contribution in [0.15, 0.2) is 78.9 Å². The molecule has 0 heterocycles. The second-order valence-corrected chi connectivity index (χ2v) is 6.16. The van der Waals surface area contributed by atoms with Crippen molar-refractivity contribution in [3.63, 3.8) is 0 Å². The summed E-state index contributed by atoms with van der Waals surface area (Å²) in [6.07, 6.45) is 0. The smallest absolute Gasteiger partial charge is 0.0366 e. The third kappa shape index (κ3) is 3.83. The van der Waals surface area contributed by atoms with Crippen LogP contribution in [0.4, 0.5) is 5.69 Å². The molecule has 3 aromatic rings. The number of anilines is 1. The van der Waals surface area contributed by atoms with Gasteiger partial charge in [-0.3, -0.25) is 0 Å². The Bertz CT molecular complexity index is 897. The van der Waals surface area contributed by atoms with Crippen LogP contribution in [0.25, 0.3) is 12.2 Å². The summed E-state index contributed by atoms with van der Waals surface area (Å²) in [5.74, 6) is 0. The predicted octanol–water partition coefficient (Wildman–Crippen LogP) is 4.19. The van der Waals surface area contributed by atoms with Crippen molar-refractivity contribution in [1.82, 2.24) is 0 Å². The van der Waals surface area contributed by atoms with E-state index < -0.39 is 0 Å². The zero-order chi connectivity index (χ0) is 17.6. The molecule has 0 atom stereocenters. The maximum absolute atomic E-state index is 4.00. The molecule has 0 aromatic heterocycles. The molecule has 0 unspecified atom stereocenters. The molecule has 25 heavy (non-hydrogen) atoms. The van der Waals surface area contributed by atoms with Gasteiger partial charge in [0.1, 0.15) is 0 Å². The third-order valence-corrected chi connectivity index (χ3v) is 4.59. The molecule has 3 rings (SSSR count). The average molecular weight is 327 g/mol. The number of rotatable bonds is 5. The molecule has 0 radical (unpaired) electrons. The van der Waals surface area contributed by atoms with Crippen molar-refractivity contribution in [2.24, 2.45) is 0 Å². The minimum atomic E-state index is 1.02. The van der Waals surface area contributed by atoms with Gasteiger partial charge in [0.15, 0.2) is 0 Å². The van der Waals surface area contributed by atoms with Crippen LogP contribution < -0.4 is 15.3 Å².